The third kappa shape index (κ3) is 3.22. The zero-order chi connectivity index (χ0) is 13.8. The Morgan fingerprint density at radius 1 is 1.26 bits per heavy atom. The van der Waals surface area contributed by atoms with Gasteiger partial charge in [-0.3, -0.25) is 9.36 Å². The Hall–Kier alpha value is -2.10. The van der Waals surface area contributed by atoms with Crippen molar-refractivity contribution in [3.8, 4) is 0 Å². The van der Waals surface area contributed by atoms with Crippen molar-refractivity contribution in [3.63, 3.8) is 0 Å². The van der Waals surface area contributed by atoms with Gasteiger partial charge in [0.1, 0.15) is 5.82 Å². The van der Waals surface area contributed by atoms with E-state index in [1.54, 1.807) is 17.0 Å². The van der Waals surface area contributed by atoms with Crippen molar-refractivity contribution in [1.29, 1.82) is 0 Å². The summed E-state index contributed by atoms with van der Waals surface area (Å²) in [4.78, 5) is 18.1. The van der Waals surface area contributed by atoms with Crippen LogP contribution < -0.4 is 4.90 Å². The molecule has 0 N–H and O–H groups in total. The van der Waals surface area contributed by atoms with E-state index in [4.69, 9.17) is 0 Å². The second-order valence-corrected chi connectivity index (χ2v) is 4.80. The number of hydrogen-bond acceptors (Lipinski definition) is 3. The van der Waals surface area contributed by atoms with Crippen LogP contribution in [0.3, 0.4) is 0 Å². The summed E-state index contributed by atoms with van der Waals surface area (Å²) in [5.41, 5.74) is 2.34. The molecule has 0 spiro atoms. The molecule has 100 valence electrons. The van der Waals surface area contributed by atoms with E-state index in [0.717, 1.165) is 12.2 Å². The minimum Gasteiger partial charge on any atom is -0.378 e. The van der Waals surface area contributed by atoms with Crippen LogP contribution in [-0.2, 0) is 6.42 Å². The normalized spacial score (nSPS) is 10.5. The van der Waals surface area contributed by atoms with Crippen molar-refractivity contribution >= 4 is 11.6 Å². The molecule has 1 aromatic carbocycles. The fourth-order valence-corrected chi connectivity index (χ4v) is 1.97. The molecule has 0 radical (unpaired) electrons. The second kappa shape index (κ2) is 5.69. The number of imidazole rings is 1. The third-order valence-electron chi connectivity index (χ3n) is 3.17. The summed E-state index contributed by atoms with van der Waals surface area (Å²) >= 11 is 0. The number of benzene rings is 1. The number of aromatic nitrogens is 2. The van der Waals surface area contributed by atoms with Gasteiger partial charge in [0.25, 0.3) is 0 Å². The van der Waals surface area contributed by atoms with E-state index in [-0.39, 0.29) is 5.91 Å². The fraction of sp³-hybridized carbons (Fsp3) is 0.333. The van der Waals surface area contributed by atoms with Crippen LogP contribution in [0.15, 0.2) is 36.7 Å². The Labute approximate surface area is 113 Å². The molecule has 0 saturated heterocycles. The summed E-state index contributed by atoms with van der Waals surface area (Å²) in [7, 11) is 4.03. The van der Waals surface area contributed by atoms with E-state index >= 15 is 0 Å². The van der Waals surface area contributed by atoms with Gasteiger partial charge in [-0.05, 0) is 31.0 Å². The molecule has 19 heavy (non-hydrogen) atoms. The Kier molecular flexibility index (Phi) is 4.00. The molecule has 0 fully saturated rings. The van der Waals surface area contributed by atoms with Crippen LogP contribution in [0.5, 0.6) is 0 Å². The summed E-state index contributed by atoms with van der Waals surface area (Å²) < 4.78 is 1.61. The van der Waals surface area contributed by atoms with Crippen molar-refractivity contribution in [2.24, 2.45) is 0 Å². The molecule has 0 unspecified atom stereocenters. The maximum Gasteiger partial charge on any atom is 0.232 e. The lowest BCUT2D eigenvalue weighted by Crippen LogP contribution is -2.12. The smallest absolute Gasteiger partial charge is 0.232 e. The van der Waals surface area contributed by atoms with Crippen LogP contribution in [0.2, 0.25) is 0 Å². The molecule has 2 rings (SSSR count). The van der Waals surface area contributed by atoms with E-state index in [1.165, 1.54) is 11.3 Å². The predicted octanol–water partition coefficient (Wildman–Crippen LogP) is 2.53. The topological polar surface area (TPSA) is 38.1 Å². The molecule has 0 atom stereocenters. The number of nitrogens with zero attached hydrogens (tertiary/aromatic N) is 3. The summed E-state index contributed by atoms with van der Waals surface area (Å²) in [5.74, 6) is 0.833. The first-order chi connectivity index (χ1) is 9.08. The predicted molar refractivity (Wildman–Crippen MR) is 76.7 cm³/mol. The molecule has 0 bridgehead atoms. The Morgan fingerprint density at radius 3 is 2.47 bits per heavy atom. The van der Waals surface area contributed by atoms with Crippen LogP contribution in [-0.4, -0.2) is 29.6 Å². The van der Waals surface area contributed by atoms with Gasteiger partial charge in [0.05, 0.1) is 0 Å². The summed E-state index contributed by atoms with van der Waals surface area (Å²) in [6.45, 7) is 1.84. The van der Waals surface area contributed by atoms with Crippen molar-refractivity contribution in [3.05, 3.63) is 48.0 Å². The van der Waals surface area contributed by atoms with Gasteiger partial charge in [-0.2, -0.15) is 0 Å². The highest BCUT2D eigenvalue weighted by molar-refractivity contribution is 5.79. The first-order valence-corrected chi connectivity index (χ1v) is 6.37. The van der Waals surface area contributed by atoms with Crippen molar-refractivity contribution < 1.29 is 4.79 Å². The Balaban J connectivity index is 1.95. The SMILES string of the molecule is Cc1nccn1C(=O)CCc1ccc(N(C)C)cc1. The van der Waals surface area contributed by atoms with Gasteiger partial charge < -0.3 is 4.90 Å². The summed E-state index contributed by atoms with van der Waals surface area (Å²) in [6, 6.07) is 8.29. The van der Waals surface area contributed by atoms with Crippen LogP contribution in [0.25, 0.3) is 0 Å². The summed E-state index contributed by atoms with van der Waals surface area (Å²) in [5, 5.41) is 0. The molecule has 2 aromatic rings. The van der Waals surface area contributed by atoms with Crippen LogP contribution >= 0.6 is 0 Å². The van der Waals surface area contributed by atoms with Crippen LogP contribution in [0.4, 0.5) is 5.69 Å². The molecule has 0 aliphatic carbocycles. The number of carbonyl (C=O) groups excluding carboxylic acids is 1. The lowest BCUT2D eigenvalue weighted by atomic mass is 10.1. The van der Waals surface area contributed by atoms with Crippen molar-refractivity contribution in [2.75, 3.05) is 19.0 Å². The zero-order valence-corrected chi connectivity index (χ0v) is 11.6. The average Bonchev–Trinajstić information content (AvgIpc) is 2.83. The van der Waals surface area contributed by atoms with E-state index in [9.17, 15) is 4.79 Å². The monoisotopic (exact) mass is 257 g/mol. The highest BCUT2D eigenvalue weighted by Gasteiger charge is 2.07. The first kappa shape index (κ1) is 13.3. The lowest BCUT2D eigenvalue weighted by Gasteiger charge is -2.12. The fourth-order valence-electron chi connectivity index (χ4n) is 1.97. The van der Waals surface area contributed by atoms with Crippen LogP contribution in [0, 0.1) is 6.92 Å². The Morgan fingerprint density at radius 2 is 1.95 bits per heavy atom. The van der Waals surface area contributed by atoms with E-state index in [2.05, 4.69) is 34.1 Å². The molecule has 4 heteroatoms. The highest BCUT2D eigenvalue weighted by Crippen LogP contribution is 2.13. The molecule has 4 nitrogen and oxygen atoms in total. The quantitative estimate of drug-likeness (QED) is 0.844. The van der Waals surface area contributed by atoms with Gasteiger partial charge in [0.2, 0.25) is 5.91 Å². The third-order valence-corrected chi connectivity index (χ3v) is 3.17. The summed E-state index contributed by atoms with van der Waals surface area (Å²) in [6.07, 6.45) is 4.62. The van der Waals surface area contributed by atoms with E-state index in [1.807, 2.05) is 21.0 Å². The average molecular weight is 257 g/mol. The number of carbonyl (C=O) groups is 1. The Bertz CT molecular complexity index is 555. The molecule has 0 aliphatic heterocycles. The maximum absolute atomic E-state index is 12.0. The molecule has 1 aromatic heterocycles. The first-order valence-electron chi connectivity index (χ1n) is 6.37. The molecule has 0 saturated carbocycles. The number of hydrogen-bond donors (Lipinski definition) is 0. The molecule has 1 heterocycles. The minimum atomic E-state index is 0.0895. The second-order valence-electron chi connectivity index (χ2n) is 4.80. The standard InChI is InChI=1S/C15H19N3O/c1-12-16-10-11-18(12)15(19)9-6-13-4-7-14(8-5-13)17(2)3/h4-5,7-8,10-11H,6,9H2,1-3H3. The van der Waals surface area contributed by atoms with Gasteiger partial charge in [-0.1, -0.05) is 12.1 Å². The molecule has 0 aliphatic rings. The number of aryl methyl sites for hydroxylation is 2. The van der Waals surface area contributed by atoms with Gasteiger partial charge in [-0.25, -0.2) is 4.98 Å². The van der Waals surface area contributed by atoms with Gasteiger partial charge >= 0.3 is 0 Å². The highest BCUT2D eigenvalue weighted by atomic mass is 16.2. The molecular formula is C15H19N3O. The molecule has 0 amide bonds. The lowest BCUT2D eigenvalue weighted by molar-refractivity contribution is 0.0900. The van der Waals surface area contributed by atoms with Crippen LogP contribution in [0.1, 0.15) is 22.6 Å². The van der Waals surface area contributed by atoms with Crippen molar-refractivity contribution in [1.82, 2.24) is 9.55 Å². The largest absolute Gasteiger partial charge is 0.378 e. The van der Waals surface area contributed by atoms with E-state index < -0.39 is 0 Å². The maximum atomic E-state index is 12.0. The minimum absolute atomic E-state index is 0.0895. The van der Waals surface area contributed by atoms with Crippen molar-refractivity contribution in [2.45, 2.75) is 19.8 Å². The van der Waals surface area contributed by atoms with E-state index in [0.29, 0.717) is 6.42 Å². The zero-order valence-electron chi connectivity index (χ0n) is 11.6. The number of anilines is 1. The van der Waals surface area contributed by atoms with Gasteiger partial charge in [-0.15, -0.1) is 0 Å². The van der Waals surface area contributed by atoms with Gasteiger partial charge in [0.15, 0.2) is 0 Å². The molecular weight excluding hydrogens is 238 g/mol. The van der Waals surface area contributed by atoms with Gasteiger partial charge in [0, 0.05) is 38.6 Å². The number of rotatable bonds is 4.